The zero-order valence-electron chi connectivity index (χ0n) is 19.8. The van der Waals surface area contributed by atoms with Crippen molar-refractivity contribution in [2.75, 3.05) is 6.61 Å². The molecule has 2 aromatic rings. The van der Waals surface area contributed by atoms with Gasteiger partial charge in [-0.2, -0.15) is 0 Å². The van der Waals surface area contributed by atoms with Gasteiger partial charge in [0.05, 0.1) is 14.7 Å². The molecule has 0 amide bonds. The zero-order valence-corrected chi connectivity index (χ0v) is 21.6. The van der Waals surface area contributed by atoms with Crippen LogP contribution in [0.3, 0.4) is 0 Å². The molecule has 0 N–H and O–H groups in total. The van der Waals surface area contributed by atoms with E-state index in [9.17, 15) is 4.79 Å². The van der Waals surface area contributed by atoms with Gasteiger partial charge < -0.3 is 4.74 Å². The van der Waals surface area contributed by atoms with Gasteiger partial charge in [-0.15, -0.1) is 11.3 Å². The van der Waals surface area contributed by atoms with Crippen molar-refractivity contribution in [2.24, 2.45) is 0 Å². The number of thiophene rings is 1. The number of rotatable bonds is 5. The lowest BCUT2D eigenvalue weighted by Gasteiger charge is -2.42. The zero-order chi connectivity index (χ0) is 22.3. The predicted molar refractivity (Wildman–Crippen MR) is 133 cm³/mol. The molecule has 0 spiro atoms. The molecule has 0 bridgehead atoms. The van der Waals surface area contributed by atoms with Gasteiger partial charge in [-0.25, -0.2) is 4.79 Å². The number of hydrogen-bond donors (Lipinski definition) is 0. The second kappa shape index (κ2) is 8.12. The molecule has 1 aromatic carbocycles. The number of ether oxygens (including phenoxy) is 1. The Balaban J connectivity index is 2.08. The monoisotopic (exact) mass is 440 g/mol. The molecular formula is C26H36O2SSi. The Kier molecular flexibility index (Phi) is 6.23. The SMILES string of the molecule is CCOC(=O)c1ccc(C=C(c2ccc3c(c2)C(C)(C)CCC3(C)C)[Si](C)(C)C)s1. The van der Waals surface area contributed by atoms with Crippen LogP contribution in [0.5, 0.6) is 0 Å². The summed E-state index contributed by atoms with van der Waals surface area (Å²) in [6.07, 6.45) is 4.76. The van der Waals surface area contributed by atoms with Gasteiger partial charge in [0, 0.05) is 4.88 Å². The minimum Gasteiger partial charge on any atom is -0.462 e. The molecule has 0 atom stereocenters. The van der Waals surface area contributed by atoms with Crippen molar-refractivity contribution < 1.29 is 9.53 Å². The Bertz CT molecular complexity index is 973. The lowest BCUT2D eigenvalue weighted by Crippen LogP contribution is -2.34. The molecule has 30 heavy (non-hydrogen) atoms. The summed E-state index contributed by atoms with van der Waals surface area (Å²) in [4.78, 5) is 13.9. The highest BCUT2D eigenvalue weighted by atomic mass is 32.1. The summed E-state index contributed by atoms with van der Waals surface area (Å²) in [6.45, 7) is 18.9. The Morgan fingerprint density at radius 3 is 2.27 bits per heavy atom. The fourth-order valence-corrected chi connectivity index (χ4v) is 6.93. The highest BCUT2D eigenvalue weighted by molar-refractivity contribution is 7.15. The number of carbonyl (C=O) groups excluding carboxylic acids is 1. The second-order valence-corrected chi connectivity index (χ2v) is 16.9. The molecule has 4 heteroatoms. The Labute approximate surface area is 187 Å². The molecule has 0 unspecified atom stereocenters. The van der Waals surface area contributed by atoms with Crippen LogP contribution in [0.25, 0.3) is 11.3 Å². The molecule has 1 aromatic heterocycles. The van der Waals surface area contributed by atoms with E-state index in [0.29, 0.717) is 11.5 Å². The first kappa shape index (κ1) is 23.0. The van der Waals surface area contributed by atoms with Gasteiger partial charge in [0.1, 0.15) is 4.88 Å². The first-order valence-corrected chi connectivity index (χ1v) is 15.3. The molecule has 2 nitrogen and oxygen atoms in total. The molecular weight excluding hydrogens is 404 g/mol. The van der Waals surface area contributed by atoms with Crippen LogP contribution in [0.2, 0.25) is 19.6 Å². The lowest BCUT2D eigenvalue weighted by molar-refractivity contribution is 0.0532. The van der Waals surface area contributed by atoms with Crippen LogP contribution in [0, 0.1) is 0 Å². The smallest absolute Gasteiger partial charge is 0.348 e. The van der Waals surface area contributed by atoms with Gasteiger partial charge in [0.2, 0.25) is 0 Å². The van der Waals surface area contributed by atoms with Crippen LogP contribution in [0.1, 0.15) is 78.7 Å². The molecule has 1 heterocycles. The summed E-state index contributed by atoms with van der Waals surface area (Å²) in [5.41, 5.74) is 4.77. The van der Waals surface area contributed by atoms with Gasteiger partial charge in [-0.1, -0.05) is 70.7 Å². The Hall–Kier alpha value is -1.65. The van der Waals surface area contributed by atoms with Gasteiger partial charge in [-0.05, 0) is 65.5 Å². The third-order valence-corrected chi connectivity index (χ3v) is 9.42. The maximum Gasteiger partial charge on any atom is 0.348 e. The highest BCUT2D eigenvalue weighted by Gasteiger charge is 2.37. The maximum absolute atomic E-state index is 12.1. The summed E-state index contributed by atoms with van der Waals surface area (Å²) in [5.74, 6) is -0.227. The largest absolute Gasteiger partial charge is 0.462 e. The van der Waals surface area contributed by atoms with Crippen molar-refractivity contribution in [1.82, 2.24) is 0 Å². The van der Waals surface area contributed by atoms with Crippen LogP contribution in [0.15, 0.2) is 30.3 Å². The molecule has 162 valence electrons. The summed E-state index contributed by atoms with van der Waals surface area (Å²) in [7, 11) is -1.62. The number of benzene rings is 1. The summed E-state index contributed by atoms with van der Waals surface area (Å²) < 4.78 is 5.16. The normalized spacial score (nSPS) is 18.1. The summed E-state index contributed by atoms with van der Waals surface area (Å²) in [5, 5.41) is 1.43. The van der Waals surface area contributed by atoms with Crippen molar-refractivity contribution in [3.05, 3.63) is 56.8 Å². The third-order valence-electron chi connectivity index (χ3n) is 6.36. The van der Waals surface area contributed by atoms with E-state index >= 15 is 0 Å². The van der Waals surface area contributed by atoms with Crippen LogP contribution >= 0.6 is 11.3 Å². The topological polar surface area (TPSA) is 26.3 Å². The van der Waals surface area contributed by atoms with E-state index < -0.39 is 8.07 Å². The average molecular weight is 441 g/mol. The van der Waals surface area contributed by atoms with E-state index in [2.05, 4.69) is 71.6 Å². The number of hydrogen-bond acceptors (Lipinski definition) is 3. The Morgan fingerprint density at radius 1 is 1.03 bits per heavy atom. The van der Waals surface area contributed by atoms with E-state index in [1.165, 1.54) is 46.1 Å². The lowest BCUT2D eigenvalue weighted by atomic mass is 9.63. The minimum atomic E-state index is -1.62. The molecule has 1 aliphatic carbocycles. The van der Waals surface area contributed by atoms with Crippen molar-refractivity contribution in [3.8, 4) is 0 Å². The summed E-state index contributed by atoms with van der Waals surface area (Å²) in [6, 6.07) is 11.1. The molecule has 0 aliphatic heterocycles. The van der Waals surface area contributed by atoms with Crippen LogP contribution < -0.4 is 0 Å². The standard InChI is InChI=1S/C26H36O2SSi/c1-9-28-24(27)22-13-11-19(29-22)17-23(30(6,7)8)18-10-12-20-21(16-18)26(4,5)15-14-25(20,2)3/h10-13,16-17H,9,14-15H2,1-8H3. The van der Waals surface area contributed by atoms with Crippen LogP contribution in [-0.4, -0.2) is 20.7 Å². The van der Waals surface area contributed by atoms with E-state index in [1.54, 1.807) is 0 Å². The van der Waals surface area contributed by atoms with Crippen molar-refractivity contribution >= 4 is 36.7 Å². The first-order valence-electron chi connectivity index (χ1n) is 11.0. The second-order valence-electron chi connectivity index (χ2n) is 10.8. The Morgan fingerprint density at radius 2 is 1.67 bits per heavy atom. The third kappa shape index (κ3) is 4.65. The molecule has 0 fully saturated rings. The molecule has 0 saturated heterocycles. The van der Waals surface area contributed by atoms with E-state index in [0.717, 1.165) is 4.88 Å². The first-order chi connectivity index (χ1) is 13.8. The molecule has 0 saturated carbocycles. The number of carbonyl (C=O) groups is 1. The number of esters is 1. The fraction of sp³-hybridized carbons (Fsp3) is 0.500. The minimum absolute atomic E-state index is 0.200. The van der Waals surface area contributed by atoms with Gasteiger partial charge >= 0.3 is 5.97 Å². The van der Waals surface area contributed by atoms with Crippen molar-refractivity contribution in [3.63, 3.8) is 0 Å². The van der Waals surface area contributed by atoms with E-state index in [4.69, 9.17) is 4.74 Å². The van der Waals surface area contributed by atoms with Gasteiger partial charge in [0.25, 0.3) is 0 Å². The number of fused-ring (bicyclic) bond motifs is 1. The molecule has 0 radical (unpaired) electrons. The maximum atomic E-state index is 12.1. The average Bonchev–Trinajstić information content (AvgIpc) is 3.12. The molecule has 1 aliphatic rings. The van der Waals surface area contributed by atoms with Crippen LogP contribution in [0.4, 0.5) is 0 Å². The summed E-state index contributed by atoms with van der Waals surface area (Å²) >= 11 is 1.52. The fourth-order valence-electron chi connectivity index (χ4n) is 4.37. The quantitative estimate of drug-likeness (QED) is 0.352. The highest BCUT2D eigenvalue weighted by Crippen LogP contribution is 2.47. The van der Waals surface area contributed by atoms with E-state index in [-0.39, 0.29) is 16.8 Å². The van der Waals surface area contributed by atoms with Crippen molar-refractivity contribution in [1.29, 1.82) is 0 Å². The van der Waals surface area contributed by atoms with Gasteiger partial charge in [0.15, 0.2) is 0 Å². The predicted octanol–water partition coefficient (Wildman–Crippen LogP) is 7.69. The van der Waals surface area contributed by atoms with Gasteiger partial charge in [-0.3, -0.25) is 0 Å². The van der Waals surface area contributed by atoms with E-state index in [1.807, 2.05) is 19.1 Å². The van der Waals surface area contributed by atoms with Crippen molar-refractivity contribution in [2.45, 2.75) is 77.9 Å². The van der Waals surface area contributed by atoms with Crippen LogP contribution in [-0.2, 0) is 15.6 Å². The molecule has 3 rings (SSSR count).